The number of rotatable bonds is 2. The summed E-state index contributed by atoms with van der Waals surface area (Å²) in [7, 11) is -4.19. The molecule has 0 saturated heterocycles. The Morgan fingerprint density at radius 2 is 1.85 bits per heavy atom. The SMILES string of the molecule is NS(=O)(=O)c1cc2c(=O)n(-c3cccc(C(F)(F)F)c3)ncc2cc1Cl. The number of primary sulfonamides is 1. The quantitative estimate of drug-likeness (QED) is 0.711. The summed E-state index contributed by atoms with van der Waals surface area (Å²) in [5, 5.41) is 8.80. The second kappa shape index (κ2) is 6.08. The monoisotopic (exact) mass is 403 g/mol. The maximum atomic E-state index is 12.9. The van der Waals surface area contributed by atoms with Gasteiger partial charge in [0, 0.05) is 5.39 Å². The lowest BCUT2D eigenvalue weighted by atomic mass is 10.2. The highest BCUT2D eigenvalue weighted by molar-refractivity contribution is 7.89. The fraction of sp³-hybridized carbons (Fsp3) is 0.0667. The summed E-state index contributed by atoms with van der Waals surface area (Å²) < 4.78 is 62.4. The number of sulfonamides is 1. The van der Waals surface area contributed by atoms with Crippen molar-refractivity contribution in [3.8, 4) is 5.69 Å². The number of halogens is 4. The smallest absolute Gasteiger partial charge is 0.267 e. The fourth-order valence-corrected chi connectivity index (χ4v) is 3.47. The summed E-state index contributed by atoms with van der Waals surface area (Å²) in [5.41, 5.74) is -1.90. The first kappa shape index (κ1) is 18.4. The molecule has 0 aliphatic heterocycles. The van der Waals surface area contributed by atoms with Crippen LogP contribution >= 0.6 is 11.6 Å². The first-order chi connectivity index (χ1) is 12.0. The molecule has 26 heavy (non-hydrogen) atoms. The molecular weight excluding hydrogens is 395 g/mol. The van der Waals surface area contributed by atoms with E-state index >= 15 is 0 Å². The Balaban J connectivity index is 2.28. The van der Waals surface area contributed by atoms with Crippen LogP contribution < -0.4 is 10.7 Å². The van der Waals surface area contributed by atoms with Gasteiger partial charge in [-0.1, -0.05) is 17.7 Å². The van der Waals surface area contributed by atoms with E-state index in [-0.39, 0.29) is 21.5 Å². The molecule has 11 heteroatoms. The van der Waals surface area contributed by atoms with Crippen molar-refractivity contribution >= 4 is 32.4 Å². The fourth-order valence-electron chi connectivity index (χ4n) is 2.36. The van der Waals surface area contributed by atoms with Crippen LogP contribution in [0.3, 0.4) is 0 Å². The van der Waals surface area contributed by atoms with Crippen LogP contribution in [-0.2, 0) is 16.2 Å². The van der Waals surface area contributed by atoms with Crippen molar-refractivity contribution in [2.75, 3.05) is 0 Å². The van der Waals surface area contributed by atoms with E-state index < -0.39 is 32.2 Å². The molecule has 0 unspecified atom stereocenters. The highest BCUT2D eigenvalue weighted by atomic mass is 35.5. The molecule has 0 atom stereocenters. The maximum absolute atomic E-state index is 12.9. The average Bonchev–Trinajstić information content (AvgIpc) is 2.53. The Morgan fingerprint density at radius 1 is 1.15 bits per heavy atom. The van der Waals surface area contributed by atoms with E-state index in [0.717, 1.165) is 28.9 Å². The number of alkyl halides is 3. The number of nitrogens with two attached hydrogens (primary N) is 1. The molecule has 6 nitrogen and oxygen atoms in total. The van der Waals surface area contributed by atoms with Crippen molar-refractivity contribution in [2.45, 2.75) is 11.1 Å². The summed E-state index contributed by atoms with van der Waals surface area (Å²) >= 11 is 5.85. The predicted molar refractivity (Wildman–Crippen MR) is 88.7 cm³/mol. The van der Waals surface area contributed by atoms with Gasteiger partial charge in [0.2, 0.25) is 10.0 Å². The number of benzene rings is 2. The molecule has 1 heterocycles. The summed E-state index contributed by atoms with van der Waals surface area (Å²) in [6, 6.07) is 6.19. The highest BCUT2D eigenvalue weighted by Gasteiger charge is 2.30. The van der Waals surface area contributed by atoms with Crippen LogP contribution in [0.1, 0.15) is 5.56 Å². The summed E-state index contributed by atoms with van der Waals surface area (Å²) in [6.45, 7) is 0. The first-order valence-electron chi connectivity index (χ1n) is 6.90. The van der Waals surface area contributed by atoms with E-state index in [4.69, 9.17) is 16.7 Å². The van der Waals surface area contributed by atoms with E-state index in [1.54, 1.807) is 0 Å². The Bertz CT molecular complexity index is 1190. The van der Waals surface area contributed by atoms with Crippen LogP contribution in [0.15, 0.2) is 52.3 Å². The van der Waals surface area contributed by atoms with Crippen LogP contribution in [-0.4, -0.2) is 18.2 Å². The number of aromatic nitrogens is 2. The van der Waals surface area contributed by atoms with Crippen LogP contribution in [0, 0.1) is 0 Å². The maximum Gasteiger partial charge on any atom is 0.416 e. The molecule has 0 fully saturated rings. The minimum Gasteiger partial charge on any atom is -0.267 e. The number of hydrogen-bond acceptors (Lipinski definition) is 4. The third kappa shape index (κ3) is 3.30. The molecule has 3 aromatic rings. The summed E-state index contributed by atoms with van der Waals surface area (Å²) in [4.78, 5) is 12.2. The Morgan fingerprint density at radius 3 is 2.46 bits per heavy atom. The van der Waals surface area contributed by atoms with Gasteiger partial charge in [-0.25, -0.2) is 13.6 Å². The van der Waals surface area contributed by atoms with Gasteiger partial charge in [0.25, 0.3) is 5.56 Å². The van der Waals surface area contributed by atoms with Crippen LogP contribution in [0.2, 0.25) is 5.02 Å². The van der Waals surface area contributed by atoms with Crippen LogP contribution in [0.5, 0.6) is 0 Å². The molecule has 136 valence electrons. The zero-order valence-corrected chi connectivity index (χ0v) is 14.2. The molecule has 0 aliphatic rings. The predicted octanol–water partition coefficient (Wildman–Crippen LogP) is 2.71. The van der Waals surface area contributed by atoms with Gasteiger partial charge in [-0.15, -0.1) is 0 Å². The highest BCUT2D eigenvalue weighted by Crippen LogP contribution is 2.30. The lowest BCUT2D eigenvalue weighted by molar-refractivity contribution is -0.137. The second-order valence-electron chi connectivity index (χ2n) is 5.32. The van der Waals surface area contributed by atoms with Crippen LogP contribution in [0.25, 0.3) is 16.5 Å². The minimum atomic E-state index is -4.59. The molecule has 0 amide bonds. The molecule has 1 aromatic heterocycles. The van der Waals surface area contributed by atoms with Gasteiger partial charge in [-0.2, -0.15) is 23.0 Å². The van der Waals surface area contributed by atoms with E-state index in [0.29, 0.717) is 0 Å². The van der Waals surface area contributed by atoms with Gasteiger partial charge >= 0.3 is 6.18 Å². The molecule has 0 bridgehead atoms. The first-order valence-corrected chi connectivity index (χ1v) is 8.83. The lowest BCUT2D eigenvalue weighted by Crippen LogP contribution is -2.22. The Kier molecular flexibility index (Phi) is 4.29. The number of nitrogens with zero attached hydrogens (tertiary/aromatic N) is 2. The average molecular weight is 404 g/mol. The van der Waals surface area contributed by atoms with Crippen molar-refractivity contribution in [3.63, 3.8) is 0 Å². The standard InChI is InChI=1S/C15H9ClF3N3O3S/c16-12-4-8-7-21-22(10-3-1-2-9(5-10)15(17,18)19)14(23)11(8)6-13(12)26(20,24)25/h1-7H,(H2,20,24,25). The molecule has 0 aliphatic carbocycles. The van der Waals surface area contributed by atoms with Crippen molar-refractivity contribution in [1.82, 2.24) is 9.78 Å². The molecule has 0 saturated carbocycles. The molecule has 2 aromatic carbocycles. The van der Waals surface area contributed by atoms with Crippen molar-refractivity contribution in [1.29, 1.82) is 0 Å². The van der Waals surface area contributed by atoms with E-state index in [1.807, 2.05) is 0 Å². The van der Waals surface area contributed by atoms with Gasteiger partial charge in [-0.05, 0) is 30.3 Å². The van der Waals surface area contributed by atoms with Crippen LogP contribution in [0.4, 0.5) is 13.2 Å². The second-order valence-corrected chi connectivity index (χ2v) is 7.26. The van der Waals surface area contributed by atoms with Gasteiger partial charge in [0.15, 0.2) is 0 Å². The van der Waals surface area contributed by atoms with Gasteiger partial charge in [0.05, 0.1) is 27.9 Å². The third-order valence-electron chi connectivity index (χ3n) is 3.56. The molecule has 0 spiro atoms. The topological polar surface area (TPSA) is 95.0 Å². The molecule has 0 radical (unpaired) electrons. The Hall–Kier alpha value is -2.43. The molecule has 3 rings (SSSR count). The zero-order chi connectivity index (χ0) is 19.3. The number of hydrogen-bond donors (Lipinski definition) is 1. The number of fused-ring (bicyclic) bond motifs is 1. The Labute approximate surface area is 149 Å². The zero-order valence-electron chi connectivity index (χ0n) is 12.7. The van der Waals surface area contributed by atoms with E-state index in [9.17, 15) is 26.4 Å². The molecular formula is C15H9ClF3N3O3S. The minimum absolute atomic E-state index is 0.106. The largest absolute Gasteiger partial charge is 0.416 e. The van der Waals surface area contributed by atoms with Crippen molar-refractivity contribution < 1.29 is 21.6 Å². The van der Waals surface area contributed by atoms with Gasteiger partial charge in [-0.3, -0.25) is 4.79 Å². The van der Waals surface area contributed by atoms with Gasteiger partial charge in [0.1, 0.15) is 4.90 Å². The summed E-state index contributed by atoms with van der Waals surface area (Å²) in [6.07, 6.45) is -3.40. The van der Waals surface area contributed by atoms with Crippen molar-refractivity contribution in [2.24, 2.45) is 5.14 Å². The van der Waals surface area contributed by atoms with Crippen molar-refractivity contribution in [3.05, 3.63) is 63.5 Å². The normalized spacial score (nSPS) is 12.5. The summed E-state index contributed by atoms with van der Waals surface area (Å²) in [5.74, 6) is 0. The van der Waals surface area contributed by atoms with E-state index in [1.165, 1.54) is 18.3 Å². The third-order valence-corrected chi connectivity index (χ3v) is 4.94. The lowest BCUT2D eigenvalue weighted by Gasteiger charge is -2.11. The van der Waals surface area contributed by atoms with E-state index in [2.05, 4.69) is 5.10 Å². The van der Waals surface area contributed by atoms with Gasteiger partial charge < -0.3 is 0 Å². The molecule has 2 N–H and O–H groups in total.